The molecule has 0 radical (unpaired) electrons. The molecule has 2 heterocycles. The molecule has 1 saturated carbocycles. The summed E-state index contributed by atoms with van der Waals surface area (Å²) in [6.45, 7) is 2.94. The number of fused-ring (bicyclic) bond motifs is 1. The van der Waals surface area contributed by atoms with Crippen LogP contribution in [0.1, 0.15) is 68.9 Å². The Morgan fingerprint density at radius 3 is 2.52 bits per heavy atom. The topological polar surface area (TPSA) is 64.9 Å². The van der Waals surface area contributed by atoms with Gasteiger partial charge in [0, 0.05) is 0 Å². The van der Waals surface area contributed by atoms with Crippen LogP contribution in [0.2, 0.25) is 5.02 Å². The fourth-order valence-electron chi connectivity index (χ4n) is 4.55. The summed E-state index contributed by atoms with van der Waals surface area (Å²) in [6, 6.07) is 13.2. The molecule has 3 unspecified atom stereocenters. The summed E-state index contributed by atoms with van der Waals surface area (Å²) < 4.78 is 1.09. The van der Waals surface area contributed by atoms with E-state index in [-0.39, 0.29) is 27.2 Å². The zero-order valence-corrected chi connectivity index (χ0v) is 18.7. The SMILES string of the molecule is CC1[I-]C(c2nc(C3CCC(C(N)CN)CC3)ccc2Cl)c2ccccc21. The Balaban J connectivity index is 1.57. The minimum atomic E-state index is -0.0390. The molecule has 27 heavy (non-hydrogen) atoms. The Morgan fingerprint density at radius 2 is 1.81 bits per heavy atom. The number of aromatic nitrogens is 1. The second-order valence-corrected chi connectivity index (χ2v) is 12.1. The maximum absolute atomic E-state index is 6.64. The molecule has 0 bridgehead atoms. The molecule has 4 rings (SSSR count). The molecule has 0 saturated heterocycles. The molecule has 4 N–H and O–H groups in total. The van der Waals surface area contributed by atoms with Crippen molar-refractivity contribution in [2.45, 2.75) is 52.4 Å². The van der Waals surface area contributed by atoms with E-state index in [1.54, 1.807) is 0 Å². The van der Waals surface area contributed by atoms with Gasteiger partial charge in [-0.1, -0.05) is 0 Å². The van der Waals surface area contributed by atoms with Gasteiger partial charge in [0.2, 0.25) is 0 Å². The van der Waals surface area contributed by atoms with Crippen LogP contribution in [-0.4, -0.2) is 17.6 Å². The zero-order valence-electron chi connectivity index (χ0n) is 15.7. The molecule has 0 amide bonds. The summed E-state index contributed by atoms with van der Waals surface area (Å²) >= 11 is 6.60. The van der Waals surface area contributed by atoms with Gasteiger partial charge in [-0.3, -0.25) is 0 Å². The average Bonchev–Trinajstić information content (AvgIpc) is 3.05. The molecule has 2 aromatic rings. The Morgan fingerprint density at radius 1 is 1.11 bits per heavy atom. The fourth-order valence-corrected chi connectivity index (χ4v) is 8.75. The van der Waals surface area contributed by atoms with Crippen LogP contribution in [0.25, 0.3) is 0 Å². The molecule has 2 aliphatic rings. The molecule has 146 valence electrons. The van der Waals surface area contributed by atoms with Gasteiger partial charge in [0.1, 0.15) is 0 Å². The van der Waals surface area contributed by atoms with E-state index < -0.39 is 0 Å². The summed E-state index contributed by atoms with van der Waals surface area (Å²) in [5.74, 6) is 1.08. The number of benzene rings is 1. The monoisotopic (exact) mass is 496 g/mol. The molecule has 3 nitrogen and oxygen atoms in total. The standard InChI is InChI=1S/C22H28ClIN3/c1-13-16-4-2-3-5-17(16)21(24-13)22-18(23)10-11-20(27-22)15-8-6-14(7-9-15)19(26)12-25/h2-5,10-11,13-15,19,21H,6-9,12,25-26H2,1H3/q-1. The van der Waals surface area contributed by atoms with E-state index in [4.69, 9.17) is 28.1 Å². The van der Waals surface area contributed by atoms with Gasteiger partial charge in [-0.2, -0.15) is 0 Å². The van der Waals surface area contributed by atoms with Crippen molar-refractivity contribution >= 4 is 11.6 Å². The van der Waals surface area contributed by atoms with Gasteiger partial charge in [0.15, 0.2) is 0 Å². The number of halogens is 2. The van der Waals surface area contributed by atoms with Crippen molar-refractivity contribution in [2.75, 3.05) is 6.54 Å². The number of alkyl halides is 2. The van der Waals surface area contributed by atoms with Crippen LogP contribution in [0.4, 0.5) is 0 Å². The van der Waals surface area contributed by atoms with Gasteiger partial charge in [0.25, 0.3) is 0 Å². The number of pyridine rings is 1. The summed E-state index contributed by atoms with van der Waals surface area (Å²) in [4.78, 5) is 5.14. The summed E-state index contributed by atoms with van der Waals surface area (Å²) in [6.07, 6.45) is 4.61. The van der Waals surface area contributed by atoms with Crippen molar-refractivity contribution in [3.8, 4) is 0 Å². The van der Waals surface area contributed by atoms with Crippen molar-refractivity contribution in [2.24, 2.45) is 17.4 Å². The summed E-state index contributed by atoms with van der Waals surface area (Å²) in [5.41, 5.74) is 17.2. The van der Waals surface area contributed by atoms with Crippen molar-refractivity contribution in [3.05, 3.63) is 63.9 Å². The first-order valence-electron chi connectivity index (χ1n) is 9.91. The normalized spacial score (nSPS) is 29.0. The van der Waals surface area contributed by atoms with Gasteiger partial charge in [-0.05, 0) is 0 Å². The van der Waals surface area contributed by atoms with E-state index in [0.29, 0.717) is 26.2 Å². The van der Waals surface area contributed by atoms with E-state index in [2.05, 4.69) is 43.3 Å². The predicted octanol–water partition coefficient (Wildman–Crippen LogP) is 1.55. The van der Waals surface area contributed by atoms with Crippen LogP contribution in [0.5, 0.6) is 0 Å². The third-order valence-electron chi connectivity index (χ3n) is 6.22. The number of nitrogens with zero attached hydrogens (tertiary/aromatic N) is 1. The predicted molar refractivity (Wildman–Crippen MR) is 108 cm³/mol. The third kappa shape index (κ3) is 3.91. The first-order valence-corrected chi connectivity index (χ1v) is 12.8. The molecule has 1 aliphatic carbocycles. The van der Waals surface area contributed by atoms with Crippen molar-refractivity contribution in [3.63, 3.8) is 0 Å². The van der Waals surface area contributed by atoms with Crippen LogP contribution in [0.15, 0.2) is 36.4 Å². The molecule has 0 spiro atoms. The Labute approximate surface area is 177 Å². The van der Waals surface area contributed by atoms with Crippen molar-refractivity contribution < 1.29 is 21.2 Å². The molecule has 1 aromatic heterocycles. The van der Waals surface area contributed by atoms with Crippen LogP contribution in [0, 0.1) is 5.92 Å². The molecule has 3 atom stereocenters. The minimum absolute atomic E-state index is 0.0390. The van der Waals surface area contributed by atoms with Gasteiger partial charge in [-0.15, -0.1) is 0 Å². The van der Waals surface area contributed by atoms with Crippen molar-refractivity contribution in [1.82, 2.24) is 4.98 Å². The van der Waals surface area contributed by atoms with E-state index in [1.165, 1.54) is 16.8 Å². The second-order valence-electron chi connectivity index (χ2n) is 7.85. The zero-order chi connectivity index (χ0) is 19.0. The van der Waals surface area contributed by atoms with Gasteiger partial charge in [-0.25, -0.2) is 0 Å². The first kappa shape index (κ1) is 19.6. The van der Waals surface area contributed by atoms with Gasteiger partial charge in [0.05, 0.1) is 0 Å². The number of hydrogen-bond acceptors (Lipinski definition) is 3. The third-order valence-corrected chi connectivity index (χ3v) is 10.3. The van der Waals surface area contributed by atoms with E-state index >= 15 is 0 Å². The quantitative estimate of drug-likeness (QED) is 0.499. The molecule has 1 aromatic carbocycles. The average molecular weight is 497 g/mol. The van der Waals surface area contributed by atoms with Crippen LogP contribution in [0.3, 0.4) is 0 Å². The van der Waals surface area contributed by atoms with E-state index in [9.17, 15) is 0 Å². The van der Waals surface area contributed by atoms with Crippen LogP contribution >= 0.6 is 11.6 Å². The van der Waals surface area contributed by atoms with Gasteiger partial charge < -0.3 is 0 Å². The first-order chi connectivity index (χ1) is 13.1. The number of hydrogen-bond donors (Lipinski definition) is 2. The Bertz CT molecular complexity index is 804. The van der Waals surface area contributed by atoms with Crippen LogP contribution < -0.4 is 32.7 Å². The maximum atomic E-state index is 6.64. The number of nitrogens with two attached hydrogens (primary N) is 2. The second kappa shape index (κ2) is 8.36. The molecular formula is C22H28ClIN3-. The Hall–Kier alpha value is -0.690. The molecular weight excluding hydrogens is 469 g/mol. The summed E-state index contributed by atoms with van der Waals surface area (Å²) in [7, 11) is 0. The molecule has 1 aliphatic heterocycles. The number of rotatable bonds is 4. The van der Waals surface area contributed by atoms with E-state index in [0.717, 1.165) is 36.4 Å². The summed E-state index contributed by atoms with van der Waals surface area (Å²) in [5, 5.41) is 0.825. The Kier molecular flexibility index (Phi) is 6.07. The van der Waals surface area contributed by atoms with Crippen molar-refractivity contribution in [1.29, 1.82) is 0 Å². The molecule has 1 fully saturated rings. The fraction of sp³-hybridized carbons (Fsp3) is 0.500. The van der Waals surface area contributed by atoms with Crippen LogP contribution in [-0.2, 0) is 0 Å². The van der Waals surface area contributed by atoms with E-state index in [1.807, 2.05) is 0 Å². The van der Waals surface area contributed by atoms with Gasteiger partial charge >= 0.3 is 178 Å². The molecule has 5 heteroatoms.